The molecule has 0 radical (unpaired) electrons. The summed E-state index contributed by atoms with van der Waals surface area (Å²) in [6, 6.07) is 0. The first-order valence-electron chi connectivity index (χ1n) is 6.05. The highest BCUT2D eigenvalue weighted by Crippen LogP contribution is 2.40. The molecule has 0 aliphatic heterocycles. The van der Waals surface area contributed by atoms with Crippen LogP contribution in [0, 0.1) is 11.8 Å². The molecular formula is C14H20O. The fourth-order valence-corrected chi connectivity index (χ4v) is 2.90. The molecule has 2 rings (SSSR count). The smallest absolute Gasteiger partial charge is 0.166 e. The fourth-order valence-electron chi connectivity index (χ4n) is 2.90. The van der Waals surface area contributed by atoms with Crippen LogP contribution in [-0.2, 0) is 4.79 Å². The zero-order valence-electron chi connectivity index (χ0n) is 9.81. The van der Waals surface area contributed by atoms with Crippen LogP contribution in [0.4, 0.5) is 0 Å². The van der Waals surface area contributed by atoms with Crippen molar-refractivity contribution in [2.24, 2.45) is 11.8 Å². The highest BCUT2D eigenvalue weighted by Gasteiger charge is 2.33. The quantitative estimate of drug-likeness (QED) is 0.637. The molecule has 0 spiro atoms. The van der Waals surface area contributed by atoms with Crippen molar-refractivity contribution in [2.45, 2.75) is 46.0 Å². The summed E-state index contributed by atoms with van der Waals surface area (Å²) in [6.07, 6.45) is 5.53. The van der Waals surface area contributed by atoms with Crippen LogP contribution in [-0.4, -0.2) is 5.78 Å². The van der Waals surface area contributed by atoms with E-state index in [4.69, 9.17) is 0 Å². The number of Topliss-reactive ketones (excluding diaryl/α,β-unsaturated/α-hetero) is 1. The summed E-state index contributed by atoms with van der Waals surface area (Å²) in [5.41, 5.74) is 3.53. The van der Waals surface area contributed by atoms with E-state index in [1.807, 2.05) is 0 Å². The Balaban J connectivity index is 2.32. The average Bonchev–Trinajstić information content (AvgIpc) is 2.17. The van der Waals surface area contributed by atoms with Crippen molar-refractivity contribution >= 4 is 5.78 Å². The lowest BCUT2D eigenvalue weighted by molar-refractivity contribution is -0.121. The predicted molar refractivity (Wildman–Crippen MR) is 62.6 cm³/mol. The molecule has 1 heteroatoms. The molecule has 0 aromatic heterocycles. The van der Waals surface area contributed by atoms with Crippen LogP contribution < -0.4 is 0 Å². The molecule has 0 saturated heterocycles. The summed E-state index contributed by atoms with van der Waals surface area (Å²) in [7, 11) is 0. The minimum absolute atomic E-state index is 0.249. The standard InChI is InChI=1S/C14H20O/c1-9(2)12-8-7-11-6-4-5-10(3)13(11)14(12)15/h9,12H,3-8H2,1-2H3/t12-/m0/s1. The Kier molecular flexibility index (Phi) is 2.81. The molecule has 2 aliphatic carbocycles. The van der Waals surface area contributed by atoms with Crippen molar-refractivity contribution in [2.75, 3.05) is 0 Å². The molecule has 0 aromatic rings. The van der Waals surface area contributed by atoms with Crippen molar-refractivity contribution in [1.29, 1.82) is 0 Å². The van der Waals surface area contributed by atoms with Crippen molar-refractivity contribution in [3.63, 3.8) is 0 Å². The number of carbonyl (C=O) groups is 1. The van der Waals surface area contributed by atoms with Crippen LogP contribution in [0.5, 0.6) is 0 Å². The molecule has 82 valence electrons. The minimum Gasteiger partial charge on any atom is -0.294 e. The van der Waals surface area contributed by atoms with E-state index in [9.17, 15) is 4.79 Å². The molecule has 0 amide bonds. The lowest BCUT2D eigenvalue weighted by Gasteiger charge is -2.32. The van der Waals surface area contributed by atoms with Crippen LogP contribution in [0.3, 0.4) is 0 Å². The van der Waals surface area contributed by atoms with E-state index in [2.05, 4.69) is 20.4 Å². The highest BCUT2D eigenvalue weighted by molar-refractivity contribution is 6.02. The highest BCUT2D eigenvalue weighted by atomic mass is 16.1. The molecule has 1 nitrogen and oxygen atoms in total. The predicted octanol–water partition coefficient (Wildman–Crippen LogP) is 3.66. The Labute approximate surface area is 92.3 Å². The summed E-state index contributed by atoms with van der Waals surface area (Å²) >= 11 is 0. The van der Waals surface area contributed by atoms with Gasteiger partial charge in [-0.3, -0.25) is 4.79 Å². The third-order valence-electron chi connectivity index (χ3n) is 3.81. The first-order valence-corrected chi connectivity index (χ1v) is 6.05. The third kappa shape index (κ3) is 1.80. The van der Waals surface area contributed by atoms with E-state index >= 15 is 0 Å². The Morgan fingerprint density at radius 2 is 2.00 bits per heavy atom. The first-order chi connectivity index (χ1) is 7.11. The number of ketones is 1. The van der Waals surface area contributed by atoms with Gasteiger partial charge < -0.3 is 0 Å². The summed E-state index contributed by atoms with van der Waals surface area (Å²) < 4.78 is 0. The number of carbonyl (C=O) groups excluding carboxylic acids is 1. The molecule has 1 atom stereocenters. The largest absolute Gasteiger partial charge is 0.294 e. The molecule has 0 aromatic carbocycles. The summed E-state index contributed by atoms with van der Waals surface area (Å²) in [5, 5.41) is 0. The Hall–Kier alpha value is -0.850. The Morgan fingerprint density at radius 1 is 1.27 bits per heavy atom. The fraction of sp³-hybridized carbons (Fsp3) is 0.643. The molecule has 2 aliphatic rings. The number of hydrogen-bond acceptors (Lipinski definition) is 1. The molecule has 0 bridgehead atoms. The SMILES string of the molecule is C=C1CCCC2=C1C(=O)[C@H](C(C)C)CC2. The number of rotatable bonds is 1. The van der Waals surface area contributed by atoms with Crippen molar-refractivity contribution in [3.05, 3.63) is 23.3 Å². The van der Waals surface area contributed by atoms with Crippen molar-refractivity contribution in [3.8, 4) is 0 Å². The van der Waals surface area contributed by atoms with Gasteiger partial charge in [-0.1, -0.05) is 26.0 Å². The zero-order valence-corrected chi connectivity index (χ0v) is 9.81. The lowest BCUT2D eigenvalue weighted by Crippen LogP contribution is -2.29. The van der Waals surface area contributed by atoms with Crippen LogP contribution in [0.25, 0.3) is 0 Å². The average molecular weight is 204 g/mol. The monoisotopic (exact) mass is 204 g/mol. The minimum atomic E-state index is 0.249. The van der Waals surface area contributed by atoms with Gasteiger partial charge in [0.1, 0.15) is 0 Å². The molecular weight excluding hydrogens is 184 g/mol. The second-order valence-corrected chi connectivity index (χ2v) is 5.19. The zero-order chi connectivity index (χ0) is 11.0. The van der Waals surface area contributed by atoms with Gasteiger partial charge in [0.2, 0.25) is 0 Å². The van der Waals surface area contributed by atoms with E-state index < -0.39 is 0 Å². The maximum absolute atomic E-state index is 12.3. The van der Waals surface area contributed by atoms with Gasteiger partial charge in [-0.25, -0.2) is 0 Å². The van der Waals surface area contributed by atoms with E-state index in [0.29, 0.717) is 11.7 Å². The Morgan fingerprint density at radius 3 is 2.67 bits per heavy atom. The maximum atomic E-state index is 12.3. The molecule has 0 N–H and O–H groups in total. The van der Waals surface area contributed by atoms with E-state index in [-0.39, 0.29) is 5.92 Å². The maximum Gasteiger partial charge on any atom is 0.166 e. The molecule has 15 heavy (non-hydrogen) atoms. The summed E-state index contributed by atoms with van der Waals surface area (Å²) in [5.74, 6) is 1.11. The summed E-state index contributed by atoms with van der Waals surface area (Å²) in [4.78, 5) is 12.3. The van der Waals surface area contributed by atoms with Gasteiger partial charge in [-0.05, 0) is 43.6 Å². The van der Waals surface area contributed by atoms with Gasteiger partial charge in [0, 0.05) is 11.5 Å². The topological polar surface area (TPSA) is 17.1 Å². The second kappa shape index (κ2) is 3.96. The molecule has 0 unspecified atom stereocenters. The van der Waals surface area contributed by atoms with Crippen LogP contribution in [0.15, 0.2) is 23.3 Å². The number of hydrogen-bond donors (Lipinski definition) is 0. The summed E-state index contributed by atoms with van der Waals surface area (Å²) in [6.45, 7) is 8.37. The molecule has 0 fully saturated rings. The third-order valence-corrected chi connectivity index (χ3v) is 3.81. The van der Waals surface area contributed by atoms with Gasteiger partial charge in [0.15, 0.2) is 5.78 Å². The van der Waals surface area contributed by atoms with Gasteiger partial charge in [-0.2, -0.15) is 0 Å². The first kappa shape index (κ1) is 10.7. The van der Waals surface area contributed by atoms with Gasteiger partial charge in [-0.15, -0.1) is 0 Å². The van der Waals surface area contributed by atoms with Gasteiger partial charge >= 0.3 is 0 Å². The lowest BCUT2D eigenvalue weighted by atomic mass is 9.71. The normalized spacial score (nSPS) is 27.3. The van der Waals surface area contributed by atoms with E-state index in [1.165, 1.54) is 12.0 Å². The van der Waals surface area contributed by atoms with Gasteiger partial charge in [0.05, 0.1) is 0 Å². The Bertz CT molecular complexity index is 333. The van der Waals surface area contributed by atoms with Gasteiger partial charge in [0.25, 0.3) is 0 Å². The van der Waals surface area contributed by atoms with E-state index in [0.717, 1.165) is 36.8 Å². The number of allylic oxidation sites excluding steroid dienone is 3. The van der Waals surface area contributed by atoms with Crippen molar-refractivity contribution < 1.29 is 4.79 Å². The van der Waals surface area contributed by atoms with Crippen LogP contribution in [0.2, 0.25) is 0 Å². The molecule has 0 saturated carbocycles. The molecule has 0 heterocycles. The second-order valence-electron chi connectivity index (χ2n) is 5.19. The van der Waals surface area contributed by atoms with Crippen LogP contribution >= 0.6 is 0 Å². The van der Waals surface area contributed by atoms with Crippen molar-refractivity contribution in [1.82, 2.24) is 0 Å². The van der Waals surface area contributed by atoms with E-state index in [1.54, 1.807) is 0 Å². The van der Waals surface area contributed by atoms with Crippen LogP contribution in [0.1, 0.15) is 46.0 Å².